The minimum Gasteiger partial charge on any atom is -0.393 e. The number of carbonyl (C=O) groups is 1. The normalized spacial score (nSPS) is 18.4. The molecule has 0 rings (SSSR count). The summed E-state index contributed by atoms with van der Waals surface area (Å²) in [6, 6.07) is 0. The van der Waals surface area contributed by atoms with Crippen LogP contribution in [0.3, 0.4) is 0 Å². The molecular formula is C6H11FO5. The van der Waals surface area contributed by atoms with Gasteiger partial charge in [0.25, 0.3) is 0 Å². The summed E-state index contributed by atoms with van der Waals surface area (Å²) in [5.41, 5.74) is 0. The highest BCUT2D eigenvalue weighted by Gasteiger charge is 2.28. The molecule has 0 aromatic carbocycles. The topological polar surface area (TPSA) is 98.0 Å². The van der Waals surface area contributed by atoms with Crippen LogP contribution in [0.4, 0.5) is 4.39 Å². The third-order valence-electron chi connectivity index (χ3n) is 1.32. The standard InChI is InChI=1S/C6H11FO5/c7-1-3(9)5(11)6(12)4(10)2-8/h3-5,8-11H,1-2H2/t3-,4+,5-/m1/s1. The van der Waals surface area contributed by atoms with Gasteiger partial charge in [-0.2, -0.15) is 0 Å². The molecule has 0 radical (unpaired) electrons. The Kier molecular flexibility index (Phi) is 4.91. The molecule has 4 N–H and O–H groups in total. The fraction of sp³-hybridized carbons (Fsp3) is 0.833. The van der Waals surface area contributed by atoms with Crippen molar-refractivity contribution in [3.63, 3.8) is 0 Å². The quantitative estimate of drug-likeness (QED) is 0.380. The SMILES string of the molecule is O=C([C@@H](O)CO)[C@H](O)[C@H](O)CF. The van der Waals surface area contributed by atoms with Gasteiger partial charge < -0.3 is 20.4 Å². The number of halogens is 1. The molecule has 0 aromatic heterocycles. The first-order valence-electron chi connectivity index (χ1n) is 3.29. The van der Waals surface area contributed by atoms with Gasteiger partial charge in [0.2, 0.25) is 0 Å². The van der Waals surface area contributed by atoms with Crippen LogP contribution in [-0.4, -0.2) is 57.8 Å². The maximum absolute atomic E-state index is 11.7. The monoisotopic (exact) mass is 182 g/mol. The van der Waals surface area contributed by atoms with Crippen molar-refractivity contribution in [2.24, 2.45) is 0 Å². The lowest BCUT2D eigenvalue weighted by Gasteiger charge is -2.15. The zero-order valence-corrected chi connectivity index (χ0v) is 6.22. The largest absolute Gasteiger partial charge is 0.393 e. The van der Waals surface area contributed by atoms with Crippen molar-refractivity contribution in [2.75, 3.05) is 13.3 Å². The van der Waals surface area contributed by atoms with E-state index in [2.05, 4.69) is 0 Å². The van der Waals surface area contributed by atoms with Gasteiger partial charge in [0, 0.05) is 0 Å². The van der Waals surface area contributed by atoms with Gasteiger partial charge in [-0.15, -0.1) is 0 Å². The van der Waals surface area contributed by atoms with E-state index < -0.39 is 37.4 Å². The summed E-state index contributed by atoms with van der Waals surface area (Å²) in [7, 11) is 0. The maximum Gasteiger partial charge on any atom is 0.194 e. The van der Waals surface area contributed by atoms with Crippen molar-refractivity contribution in [1.82, 2.24) is 0 Å². The van der Waals surface area contributed by atoms with E-state index in [9.17, 15) is 9.18 Å². The van der Waals surface area contributed by atoms with Crippen LogP contribution >= 0.6 is 0 Å². The Labute approximate surface area is 68.1 Å². The van der Waals surface area contributed by atoms with Gasteiger partial charge in [-0.3, -0.25) is 4.79 Å². The van der Waals surface area contributed by atoms with Crippen LogP contribution < -0.4 is 0 Å². The second-order valence-electron chi connectivity index (χ2n) is 2.27. The molecule has 0 bridgehead atoms. The van der Waals surface area contributed by atoms with Gasteiger partial charge in [-0.1, -0.05) is 0 Å². The first-order valence-corrected chi connectivity index (χ1v) is 3.29. The second kappa shape index (κ2) is 5.15. The molecule has 0 aliphatic carbocycles. The first kappa shape index (κ1) is 11.4. The number of aliphatic hydroxyl groups excluding tert-OH is 4. The van der Waals surface area contributed by atoms with Crippen LogP contribution in [0.2, 0.25) is 0 Å². The second-order valence-corrected chi connectivity index (χ2v) is 2.27. The molecule has 5 nitrogen and oxygen atoms in total. The Morgan fingerprint density at radius 2 is 1.83 bits per heavy atom. The van der Waals surface area contributed by atoms with Crippen molar-refractivity contribution in [2.45, 2.75) is 18.3 Å². The fourth-order valence-corrected chi connectivity index (χ4v) is 0.561. The van der Waals surface area contributed by atoms with Crippen LogP contribution in [-0.2, 0) is 4.79 Å². The zero-order chi connectivity index (χ0) is 9.72. The molecule has 0 saturated carbocycles. The zero-order valence-electron chi connectivity index (χ0n) is 6.22. The molecule has 0 saturated heterocycles. The number of aliphatic hydroxyl groups is 4. The minimum absolute atomic E-state index is 0.866. The highest BCUT2D eigenvalue weighted by atomic mass is 19.1. The molecular weight excluding hydrogens is 171 g/mol. The molecule has 0 fully saturated rings. The predicted molar refractivity (Wildman–Crippen MR) is 36.1 cm³/mol. The average molecular weight is 182 g/mol. The molecule has 0 aliphatic rings. The van der Waals surface area contributed by atoms with Crippen molar-refractivity contribution in [1.29, 1.82) is 0 Å². The van der Waals surface area contributed by atoms with E-state index in [0.717, 1.165) is 0 Å². The Bertz CT molecular complexity index is 151. The lowest BCUT2D eigenvalue weighted by atomic mass is 10.1. The minimum atomic E-state index is -1.99. The summed E-state index contributed by atoms with van der Waals surface area (Å²) in [5.74, 6) is -1.19. The summed E-state index contributed by atoms with van der Waals surface area (Å²) in [6.07, 6.45) is -5.61. The van der Waals surface area contributed by atoms with Crippen LogP contribution in [0.25, 0.3) is 0 Å². The summed E-state index contributed by atoms with van der Waals surface area (Å²) in [4.78, 5) is 10.7. The number of carbonyl (C=O) groups excluding carboxylic acids is 1. The maximum atomic E-state index is 11.7. The van der Waals surface area contributed by atoms with Crippen molar-refractivity contribution in [3.05, 3.63) is 0 Å². The number of hydrogen-bond acceptors (Lipinski definition) is 5. The van der Waals surface area contributed by atoms with E-state index in [1.165, 1.54) is 0 Å². The summed E-state index contributed by atoms with van der Waals surface area (Å²) >= 11 is 0. The van der Waals surface area contributed by atoms with Crippen molar-refractivity contribution < 1.29 is 29.6 Å². The summed E-state index contributed by atoms with van der Waals surface area (Å²) < 4.78 is 11.7. The van der Waals surface area contributed by atoms with Crippen LogP contribution in [0.5, 0.6) is 0 Å². The molecule has 3 atom stereocenters. The van der Waals surface area contributed by atoms with E-state index in [0.29, 0.717) is 0 Å². The molecule has 0 unspecified atom stereocenters. The van der Waals surface area contributed by atoms with Gasteiger partial charge >= 0.3 is 0 Å². The lowest BCUT2D eigenvalue weighted by molar-refractivity contribution is -0.143. The van der Waals surface area contributed by atoms with E-state index in [4.69, 9.17) is 20.4 Å². The number of alkyl halides is 1. The van der Waals surface area contributed by atoms with E-state index in [1.54, 1.807) is 0 Å². The van der Waals surface area contributed by atoms with Gasteiger partial charge in [-0.25, -0.2) is 4.39 Å². The molecule has 0 aliphatic heterocycles. The smallest absolute Gasteiger partial charge is 0.194 e. The number of hydrogen-bond donors (Lipinski definition) is 4. The highest BCUT2D eigenvalue weighted by molar-refractivity contribution is 5.87. The first-order chi connectivity index (χ1) is 5.54. The molecule has 72 valence electrons. The highest BCUT2D eigenvalue weighted by Crippen LogP contribution is 1.99. The molecule has 0 spiro atoms. The molecule has 12 heavy (non-hydrogen) atoms. The predicted octanol–water partition coefficient (Wildman–Crippen LogP) is -2.40. The molecule has 0 amide bonds. The van der Waals surface area contributed by atoms with Crippen molar-refractivity contribution >= 4 is 5.78 Å². The Balaban J connectivity index is 4.09. The van der Waals surface area contributed by atoms with Crippen LogP contribution in [0.15, 0.2) is 0 Å². The summed E-state index contributed by atoms with van der Waals surface area (Å²) in [6.45, 7) is -2.15. The number of rotatable bonds is 5. The molecule has 0 heterocycles. The Hall–Kier alpha value is -0.560. The molecule has 6 heteroatoms. The van der Waals surface area contributed by atoms with E-state index in [-0.39, 0.29) is 0 Å². The van der Waals surface area contributed by atoms with Crippen LogP contribution in [0.1, 0.15) is 0 Å². The third-order valence-corrected chi connectivity index (χ3v) is 1.32. The van der Waals surface area contributed by atoms with Gasteiger partial charge in [0.15, 0.2) is 5.78 Å². The fourth-order valence-electron chi connectivity index (χ4n) is 0.561. The van der Waals surface area contributed by atoms with Gasteiger partial charge in [0.1, 0.15) is 25.0 Å². The summed E-state index contributed by atoms with van der Waals surface area (Å²) in [5, 5.41) is 34.3. The molecule has 0 aromatic rings. The number of Topliss-reactive ketones (excluding diaryl/α,β-unsaturated/α-hetero) is 1. The van der Waals surface area contributed by atoms with E-state index in [1.807, 2.05) is 0 Å². The van der Waals surface area contributed by atoms with Crippen molar-refractivity contribution in [3.8, 4) is 0 Å². The van der Waals surface area contributed by atoms with Crippen LogP contribution in [0, 0.1) is 0 Å². The number of ketones is 1. The van der Waals surface area contributed by atoms with Gasteiger partial charge in [0.05, 0.1) is 6.61 Å². The van der Waals surface area contributed by atoms with Gasteiger partial charge in [-0.05, 0) is 0 Å². The Morgan fingerprint density at radius 1 is 1.33 bits per heavy atom. The average Bonchev–Trinajstić information content (AvgIpc) is 2.12. The van der Waals surface area contributed by atoms with E-state index >= 15 is 0 Å². The third kappa shape index (κ3) is 2.82. The Morgan fingerprint density at radius 3 is 2.17 bits per heavy atom. The lowest BCUT2D eigenvalue weighted by Crippen LogP contribution is -2.42.